The van der Waals surface area contributed by atoms with Gasteiger partial charge in [-0.1, -0.05) is 12.1 Å². The maximum Gasteiger partial charge on any atom is 0.329 e. The molecule has 0 bridgehead atoms. The van der Waals surface area contributed by atoms with E-state index in [0.717, 1.165) is 32.4 Å². The van der Waals surface area contributed by atoms with Gasteiger partial charge in [0.15, 0.2) is 11.2 Å². The van der Waals surface area contributed by atoms with E-state index < -0.39 is 22.1 Å². The van der Waals surface area contributed by atoms with Gasteiger partial charge in [-0.3, -0.25) is 29.3 Å². The molecule has 0 radical (unpaired) electrons. The molecule has 1 aliphatic rings. The highest BCUT2D eigenvalue weighted by atomic mass is 16.6. The number of benzene rings is 1. The van der Waals surface area contributed by atoms with Gasteiger partial charge in [0.25, 0.3) is 11.2 Å². The van der Waals surface area contributed by atoms with Crippen molar-refractivity contribution in [1.82, 2.24) is 24.5 Å². The quantitative estimate of drug-likeness (QED) is 0.295. The summed E-state index contributed by atoms with van der Waals surface area (Å²) in [4.78, 5) is 56.3. The summed E-state index contributed by atoms with van der Waals surface area (Å²) in [6.45, 7) is 1.70. The normalized spacial score (nSPS) is 14.1. The molecule has 1 aliphatic heterocycles. The minimum absolute atomic E-state index is 0.000851. The van der Waals surface area contributed by atoms with Crippen LogP contribution in [-0.2, 0) is 18.4 Å². The molecule has 1 aromatic carbocycles. The van der Waals surface area contributed by atoms with Crippen molar-refractivity contribution in [3.05, 3.63) is 60.8 Å². The van der Waals surface area contributed by atoms with Crippen molar-refractivity contribution in [2.45, 2.75) is 32.2 Å². The van der Waals surface area contributed by atoms with Crippen LogP contribution < -0.4 is 21.6 Å². The number of carbonyl (C=O) groups excluding carboxylic acids is 1. The van der Waals surface area contributed by atoms with Crippen molar-refractivity contribution in [3.8, 4) is 0 Å². The van der Waals surface area contributed by atoms with Gasteiger partial charge in [0.05, 0.1) is 11.1 Å². The van der Waals surface area contributed by atoms with Crippen molar-refractivity contribution in [2.24, 2.45) is 12.1 Å². The van der Waals surface area contributed by atoms with Crippen molar-refractivity contribution < 1.29 is 9.72 Å². The summed E-state index contributed by atoms with van der Waals surface area (Å²) < 4.78 is 2.95. The highest BCUT2D eigenvalue weighted by molar-refractivity contribution is 5.83. The third kappa shape index (κ3) is 4.72. The summed E-state index contributed by atoms with van der Waals surface area (Å²) in [7, 11) is 1.53. The SMILES string of the molecule is Cn1c(=O)[nH]c(=O)c2c1nc(N1CCCCC1)n2CCC(=O)NN=Cc1cccc([N+](=O)[O-])c1. The zero-order valence-corrected chi connectivity index (χ0v) is 18.6. The second-order valence-electron chi connectivity index (χ2n) is 8.00. The third-order valence-corrected chi connectivity index (χ3v) is 5.67. The minimum Gasteiger partial charge on any atom is -0.342 e. The second-order valence-corrected chi connectivity index (χ2v) is 8.00. The van der Waals surface area contributed by atoms with Crippen LogP contribution >= 0.6 is 0 Å². The number of nitro groups is 1. The summed E-state index contributed by atoms with van der Waals surface area (Å²) in [5.41, 5.74) is 2.17. The summed E-state index contributed by atoms with van der Waals surface area (Å²) in [6.07, 6.45) is 4.41. The van der Waals surface area contributed by atoms with Crippen LogP contribution in [0.15, 0.2) is 39.0 Å². The lowest BCUT2D eigenvalue weighted by Gasteiger charge is -2.28. The highest BCUT2D eigenvalue weighted by Crippen LogP contribution is 2.23. The number of nitrogens with zero attached hydrogens (tertiary/aromatic N) is 6. The zero-order valence-electron chi connectivity index (χ0n) is 18.6. The number of aryl methyl sites for hydroxylation is 2. The fourth-order valence-electron chi connectivity index (χ4n) is 3.94. The highest BCUT2D eigenvalue weighted by Gasteiger charge is 2.23. The molecular weight excluding hydrogens is 444 g/mol. The fraction of sp³-hybridized carbons (Fsp3) is 0.381. The number of nitrogens with one attached hydrogen (secondary N) is 2. The molecule has 13 nitrogen and oxygen atoms in total. The Bertz CT molecular complexity index is 1380. The molecule has 2 N–H and O–H groups in total. The number of hydrogen-bond donors (Lipinski definition) is 2. The molecule has 0 aliphatic carbocycles. The number of hydrazone groups is 1. The first-order valence-corrected chi connectivity index (χ1v) is 10.9. The predicted molar refractivity (Wildman–Crippen MR) is 125 cm³/mol. The predicted octanol–water partition coefficient (Wildman–Crippen LogP) is 0.862. The number of fused-ring (bicyclic) bond motifs is 1. The molecule has 2 aromatic heterocycles. The number of imidazole rings is 1. The number of H-pyrrole nitrogens is 1. The van der Waals surface area contributed by atoms with Crippen LogP contribution in [0.25, 0.3) is 11.2 Å². The number of hydrogen-bond acceptors (Lipinski definition) is 8. The maximum absolute atomic E-state index is 12.6. The summed E-state index contributed by atoms with van der Waals surface area (Å²) >= 11 is 0. The average Bonchev–Trinajstić information content (AvgIpc) is 3.22. The number of aromatic amines is 1. The van der Waals surface area contributed by atoms with Crippen molar-refractivity contribution in [3.63, 3.8) is 0 Å². The first kappa shape index (κ1) is 22.9. The molecule has 0 spiro atoms. The lowest BCUT2D eigenvalue weighted by atomic mass is 10.1. The topological polar surface area (TPSA) is 161 Å². The molecule has 4 rings (SSSR count). The van der Waals surface area contributed by atoms with Crippen molar-refractivity contribution >= 4 is 34.9 Å². The van der Waals surface area contributed by atoms with Crippen molar-refractivity contribution in [1.29, 1.82) is 0 Å². The van der Waals surface area contributed by atoms with E-state index in [1.54, 1.807) is 10.6 Å². The molecule has 3 aromatic rings. The molecule has 0 atom stereocenters. The van der Waals surface area contributed by atoms with E-state index in [9.17, 15) is 24.5 Å². The monoisotopic (exact) mass is 468 g/mol. The van der Waals surface area contributed by atoms with E-state index in [1.165, 1.54) is 36.0 Å². The van der Waals surface area contributed by atoms with Gasteiger partial charge in [0.2, 0.25) is 11.9 Å². The number of piperidine rings is 1. The number of non-ortho nitro benzene ring substituents is 1. The maximum atomic E-state index is 12.6. The lowest BCUT2D eigenvalue weighted by molar-refractivity contribution is -0.384. The van der Waals surface area contributed by atoms with Gasteiger partial charge in [0, 0.05) is 50.8 Å². The smallest absolute Gasteiger partial charge is 0.329 e. The van der Waals surface area contributed by atoms with Crippen LogP contribution in [0.4, 0.5) is 11.6 Å². The Balaban J connectivity index is 1.53. The van der Waals surface area contributed by atoms with E-state index >= 15 is 0 Å². The third-order valence-electron chi connectivity index (χ3n) is 5.67. The standard InChI is InChI=1S/C21H24N8O5/c1-26-18-17(19(31)24-21(26)32)28(20(23-18)27-9-3-2-4-10-27)11-8-16(30)25-22-13-14-6-5-7-15(12-14)29(33)34/h5-7,12-13H,2-4,8-11H2,1H3,(H,25,30)(H,24,31,32). The average molecular weight is 468 g/mol. The first-order valence-electron chi connectivity index (χ1n) is 10.9. The van der Waals surface area contributed by atoms with Crippen LogP contribution in [0.3, 0.4) is 0 Å². The number of amides is 1. The van der Waals surface area contributed by atoms with Crippen LogP contribution in [0.2, 0.25) is 0 Å². The van der Waals surface area contributed by atoms with E-state index in [-0.39, 0.29) is 29.8 Å². The molecule has 1 amide bonds. The van der Waals surface area contributed by atoms with Gasteiger partial charge in [-0.15, -0.1) is 0 Å². The molecule has 13 heteroatoms. The second kappa shape index (κ2) is 9.68. The Morgan fingerprint density at radius 1 is 1.29 bits per heavy atom. The minimum atomic E-state index is -0.557. The largest absolute Gasteiger partial charge is 0.342 e. The van der Waals surface area contributed by atoms with Crippen molar-refractivity contribution in [2.75, 3.05) is 18.0 Å². The Kier molecular flexibility index (Phi) is 6.52. The first-order chi connectivity index (χ1) is 16.3. The summed E-state index contributed by atoms with van der Waals surface area (Å²) in [5.74, 6) is 0.142. The lowest BCUT2D eigenvalue weighted by Crippen LogP contribution is -2.33. The number of carbonyl (C=O) groups is 1. The number of anilines is 1. The number of nitro benzene ring substituents is 1. The van der Waals surface area contributed by atoms with E-state index in [4.69, 9.17) is 0 Å². The summed E-state index contributed by atoms with van der Waals surface area (Å²) in [5, 5.41) is 14.7. The number of rotatable bonds is 7. The Morgan fingerprint density at radius 2 is 2.06 bits per heavy atom. The summed E-state index contributed by atoms with van der Waals surface area (Å²) in [6, 6.07) is 5.86. The van der Waals surface area contributed by atoms with Gasteiger partial charge in [-0.2, -0.15) is 10.1 Å². The fourth-order valence-corrected chi connectivity index (χ4v) is 3.94. The molecule has 3 heterocycles. The van der Waals surface area contributed by atoms with E-state index in [0.29, 0.717) is 11.5 Å². The van der Waals surface area contributed by atoms with Crippen LogP contribution in [-0.4, -0.2) is 49.2 Å². The van der Waals surface area contributed by atoms with Crippen LogP contribution in [0.1, 0.15) is 31.2 Å². The molecule has 34 heavy (non-hydrogen) atoms. The molecule has 1 saturated heterocycles. The van der Waals surface area contributed by atoms with E-state index in [1.807, 2.05) is 0 Å². The molecular formula is C21H24N8O5. The Morgan fingerprint density at radius 3 is 2.79 bits per heavy atom. The van der Waals surface area contributed by atoms with Crippen LogP contribution in [0, 0.1) is 10.1 Å². The molecule has 1 fully saturated rings. The van der Waals surface area contributed by atoms with Gasteiger partial charge in [-0.25, -0.2) is 10.2 Å². The van der Waals surface area contributed by atoms with E-state index in [2.05, 4.69) is 25.4 Å². The zero-order chi connectivity index (χ0) is 24.2. The molecule has 178 valence electrons. The Hall–Kier alpha value is -4.29. The van der Waals surface area contributed by atoms with Gasteiger partial charge >= 0.3 is 5.69 Å². The van der Waals surface area contributed by atoms with Gasteiger partial charge in [-0.05, 0) is 19.3 Å². The number of aromatic nitrogens is 4. The molecule has 0 unspecified atom stereocenters. The molecule has 0 saturated carbocycles. The Labute approximate surface area is 192 Å². The van der Waals surface area contributed by atoms with Gasteiger partial charge < -0.3 is 9.47 Å². The van der Waals surface area contributed by atoms with Gasteiger partial charge in [0.1, 0.15) is 0 Å². The van der Waals surface area contributed by atoms with Crippen LogP contribution in [0.5, 0.6) is 0 Å².